The molecule has 19 heavy (non-hydrogen) atoms. The summed E-state index contributed by atoms with van der Waals surface area (Å²) < 4.78 is 0. The molecule has 2 aliphatic carbocycles. The summed E-state index contributed by atoms with van der Waals surface area (Å²) in [6.45, 7) is 3.08. The molecule has 1 amide bonds. The van der Waals surface area contributed by atoms with Crippen LogP contribution in [0.25, 0.3) is 0 Å². The molecule has 2 unspecified atom stereocenters. The summed E-state index contributed by atoms with van der Waals surface area (Å²) in [4.78, 5) is 12.4. The Kier molecular flexibility index (Phi) is 5.68. The van der Waals surface area contributed by atoms with Crippen molar-refractivity contribution in [3.05, 3.63) is 0 Å². The molecule has 3 N–H and O–H groups in total. The number of hydrogen-bond donors (Lipinski definition) is 2. The normalized spacial score (nSPS) is 35.9. The van der Waals surface area contributed by atoms with Gasteiger partial charge >= 0.3 is 0 Å². The molecular formula is C16H30N2O. The van der Waals surface area contributed by atoms with Crippen LogP contribution in [0, 0.1) is 17.8 Å². The highest BCUT2D eigenvalue weighted by Crippen LogP contribution is 2.31. The Balaban J connectivity index is 1.76. The highest BCUT2D eigenvalue weighted by atomic mass is 16.1. The van der Waals surface area contributed by atoms with Crippen molar-refractivity contribution in [1.29, 1.82) is 0 Å². The minimum atomic E-state index is 0.254. The van der Waals surface area contributed by atoms with Gasteiger partial charge in [0.2, 0.25) is 5.91 Å². The third-order valence-electron chi connectivity index (χ3n) is 5.09. The van der Waals surface area contributed by atoms with Crippen molar-refractivity contribution in [1.82, 2.24) is 5.32 Å². The molecule has 2 aliphatic rings. The summed E-state index contributed by atoms with van der Waals surface area (Å²) in [5, 5.41) is 3.30. The Hall–Kier alpha value is -0.570. The molecular weight excluding hydrogens is 236 g/mol. The molecule has 2 saturated carbocycles. The second-order valence-electron chi connectivity index (χ2n) is 6.77. The number of rotatable bonds is 4. The van der Waals surface area contributed by atoms with Crippen molar-refractivity contribution in [3.8, 4) is 0 Å². The van der Waals surface area contributed by atoms with Gasteiger partial charge in [-0.1, -0.05) is 19.8 Å². The SMILES string of the molecule is CC1CCC(NC(=O)C2CCCC(CCN)C2)CC1. The first-order valence-electron chi connectivity index (χ1n) is 8.19. The van der Waals surface area contributed by atoms with Crippen molar-refractivity contribution >= 4 is 5.91 Å². The van der Waals surface area contributed by atoms with Crippen molar-refractivity contribution in [2.45, 2.75) is 70.8 Å². The number of carbonyl (C=O) groups is 1. The number of nitrogens with two attached hydrogens (primary N) is 1. The Labute approximate surface area is 117 Å². The average molecular weight is 266 g/mol. The smallest absolute Gasteiger partial charge is 0.223 e. The number of carbonyl (C=O) groups excluding carboxylic acids is 1. The summed E-state index contributed by atoms with van der Waals surface area (Å²) in [6.07, 6.45) is 10.6. The zero-order valence-corrected chi connectivity index (χ0v) is 12.4. The van der Waals surface area contributed by atoms with E-state index in [2.05, 4.69) is 12.2 Å². The lowest BCUT2D eigenvalue weighted by Gasteiger charge is -2.31. The summed E-state index contributed by atoms with van der Waals surface area (Å²) in [5.74, 6) is 2.10. The Morgan fingerprint density at radius 1 is 1.16 bits per heavy atom. The van der Waals surface area contributed by atoms with Gasteiger partial charge in [-0.25, -0.2) is 0 Å². The van der Waals surface area contributed by atoms with E-state index in [-0.39, 0.29) is 5.92 Å². The van der Waals surface area contributed by atoms with Gasteiger partial charge in [0.1, 0.15) is 0 Å². The van der Waals surface area contributed by atoms with Gasteiger partial charge in [-0.3, -0.25) is 4.79 Å². The Morgan fingerprint density at radius 2 is 1.89 bits per heavy atom. The Bertz CT molecular complexity index is 282. The first-order chi connectivity index (χ1) is 9.19. The first kappa shape index (κ1) is 14.8. The van der Waals surface area contributed by atoms with Gasteiger partial charge in [0.05, 0.1) is 0 Å². The largest absolute Gasteiger partial charge is 0.353 e. The number of nitrogens with one attached hydrogen (secondary N) is 1. The number of amides is 1. The molecule has 0 aromatic heterocycles. The molecule has 2 fully saturated rings. The summed E-state index contributed by atoms with van der Waals surface area (Å²) in [6, 6.07) is 0.443. The molecule has 0 saturated heterocycles. The predicted molar refractivity (Wildman–Crippen MR) is 78.7 cm³/mol. The highest BCUT2D eigenvalue weighted by molar-refractivity contribution is 5.79. The van der Waals surface area contributed by atoms with Gasteiger partial charge in [0.15, 0.2) is 0 Å². The van der Waals surface area contributed by atoms with Crippen LogP contribution in [-0.2, 0) is 4.79 Å². The lowest BCUT2D eigenvalue weighted by atomic mass is 9.79. The lowest BCUT2D eigenvalue weighted by molar-refractivity contribution is -0.127. The molecule has 0 spiro atoms. The van der Waals surface area contributed by atoms with E-state index < -0.39 is 0 Å². The maximum atomic E-state index is 12.4. The molecule has 110 valence electrons. The third-order valence-corrected chi connectivity index (χ3v) is 5.09. The maximum absolute atomic E-state index is 12.4. The van der Waals surface area contributed by atoms with Crippen LogP contribution in [0.3, 0.4) is 0 Å². The van der Waals surface area contributed by atoms with Gasteiger partial charge < -0.3 is 11.1 Å². The van der Waals surface area contributed by atoms with Crippen LogP contribution in [0.5, 0.6) is 0 Å². The molecule has 0 aromatic rings. The zero-order valence-electron chi connectivity index (χ0n) is 12.4. The molecule has 2 rings (SSSR count). The maximum Gasteiger partial charge on any atom is 0.223 e. The predicted octanol–water partition coefficient (Wildman–Crippen LogP) is 2.84. The standard InChI is InChI=1S/C16H30N2O/c1-12-5-7-15(8-6-12)18-16(19)14-4-2-3-13(11-14)9-10-17/h12-15H,2-11,17H2,1H3,(H,18,19). The lowest BCUT2D eigenvalue weighted by Crippen LogP contribution is -2.42. The molecule has 3 nitrogen and oxygen atoms in total. The molecule has 0 aromatic carbocycles. The summed E-state index contributed by atoms with van der Waals surface area (Å²) in [7, 11) is 0. The van der Waals surface area contributed by atoms with Gasteiger partial charge in [-0.15, -0.1) is 0 Å². The third kappa shape index (κ3) is 4.48. The van der Waals surface area contributed by atoms with E-state index in [0.717, 1.165) is 31.7 Å². The minimum absolute atomic E-state index is 0.254. The Morgan fingerprint density at radius 3 is 2.58 bits per heavy atom. The fraction of sp³-hybridized carbons (Fsp3) is 0.938. The van der Waals surface area contributed by atoms with E-state index in [9.17, 15) is 4.79 Å². The number of hydrogen-bond acceptors (Lipinski definition) is 2. The molecule has 0 heterocycles. The summed E-state index contributed by atoms with van der Waals surface area (Å²) >= 11 is 0. The monoisotopic (exact) mass is 266 g/mol. The minimum Gasteiger partial charge on any atom is -0.353 e. The van der Waals surface area contributed by atoms with Crippen LogP contribution in [-0.4, -0.2) is 18.5 Å². The second kappa shape index (κ2) is 7.28. The van der Waals surface area contributed by atoms with E-state index in [1.807, 2.05) is 0 Å². The van der Waals surface area contributed by atoms with Crippen LogP contribution in [0.2, 0.25) is 0 Å². The van der Waals surface area contributed by atoms with E-state index in [1.54, 1.807) is 0 Å². The van der Waals surface area contributed by atoms with E-state index >= 15 is 0 Å². The van der Waals surface area contributed by atoms with Crippen molar-refractivity contribution in [2.75, 3.05) is 6.54 Å². The average Bonchev–Trinajstić information content (AvgIpc) is 2.42. The highest BCUT2D eigenvalue weighted by Gasteiger charge is 2.28. The van der Waals surface area contributed by atoms with Crippen LogP contribution in [0.1, 0.15) is 64.7 Å². The quantitative estimate of drug-likeness (QED) is 0.822. The molecule has 0 radical (unpaired) electrons. The van der Waals surface area contributed by atoms with E-state index in [4.69, 9.17) is 5.73 Å². The van der Waals surface area contributed by atoms with E-state index in [0.29, 0.717) is 17.9 Å². The van der Waals surface area contributed by atoms with E-state index in [1.165, 1.54) is 38.5 Å². The van der Waals surface area contributed by atoms with Crippen molar-refractivity contribution < 1.29 is 4.79 Å². The molecule has 3 heteroatoms. The fourth-order valence-corrected chi connectivity index (χ4v) is 3.75. The van der Waals surface area contributed by atoms with Crippen LogP contribution >= 0.6 is 0 Å². The van der Waals surface area contributed by atoms with Gasteiger partial charge in [-0.2, -0.15) is 0 Å². The van der Waals surface area contributed by atoms with Crippen LogP contribution in [0.15, 0.2) is 0 Å². The van der Waals surface area contributed by atoms with Crippen molar-refractivity contribution in [3.63, 3.8) is 0 Å². The molecule has 2 atom stereocenters. The summed E-state index contributed by atoms with van der Waals surface area (Å²) in [5.41, 5.74) is 5.64. The second-order valence-corrected chi connectivity index (χ2v) is 6.77. The van der Waals surface area contributed by atoms with Gasteiger partial charge in [-0.05, 0) is 63.3 Å². The van der Waals surface area contributed by atoms with Gasteiger partial charge in [0.25, 0.3) is 0 Å². The first-order valence-corrected chi connectivity index (χ1v) is 8.19. The molecule has 0 bridgehead atoms. The molecule has 0 aliphatic heterocycles. The fourth-order valence-electron chi connectivity index (χ4n) is 3.75. The van der Waals surface area contributed by atoms with Crippen LogP contribution in [0.4, 0.5) is 0 Å². The zero-order chi connectivity index (χ0) is 13.7. The topological polar surface area (TPSA) is 55.1 Å². The van der Waals surface area contributed by atoms with Gasteiger partial charge in [0, 0.05) is 12.0 Å². The van der Waals surface area contributed by atoms with Crippen LogP contribution < -0.4 is 11.1 Å². The van der Waals surface area contributed by atoms with Crippen molar-refractivity contribution in [2.24, 2.45) is 23.5 Å².